The van der Waals surface area contributed by atoms with Gasteiger partial charge >= 0.3 is 5.97 Å². The van der Waals surface area contributed by atoms with Crippen LogP contribution in [0.5, 0.6) is 0 Å². The normalized spacial score (nSPS) is 23.4. The second-order valence-corrected chi connectivity index (χ2v) is 4.69. The number of carbonyl (C=O) groups excluding carboxylic acids is 1. The van der Waals surface area contributed by atoms with Crippen LogP contribution < -0.4 is 5.32 Å². The van der Waals surface area contributed by atoms with Gasteiger partial charge in [-0.05, 0) is 25.7 Å². The van der Waals surface area contributed by atoms with Crippen LogP contribution in [0.1, 0.15) is 46.0 Å². The molecule has 4 nitrogen and oxygen atoms in total. The zero-order valence-corrected chi connectivity index (χ0v) is 11.3. The van der Waals surface area contributed by atoms with Crippen LogP contribution in [0.3, 0.4) is 0 Å². The number of rotatable bonds is 7. The lowest BCUT2D eigenvalue weighted by molar-refractivity contribution is -0.149. The van der Waals surface area contributed by atoms with Gasteiger partial charge in [-0.25, -0.2) is 0 Å². The van der Waals surface area contributed by atoms with Crippen LogP contribution >= 0.6 is 0 Å². The first-order valence-electron chi connectivity index (χ1n) is 6.63. The lowest BCUT2D eigenvalue weighted by Gasteiger charge is -2.31. The van der Waals surface area contributed by atoms with Crippen molar-refractivity contribution in [1.82, 2.24) is 5.32 Å². The molecule has 0 aromatic rings. The van der Waals surface area contributed by atoms with Gasteiger partial charge in [0.1, 0.15) is 5.54 Å². The molecule has 1 rings (SSSR count). The summed E-state index contributed by atoms with van der Waals surface area (Å²) in [6.45, 7) is 5.69. The van der Waals surface area contributed by atoms with Crippen LogP contribution in [0, 0.1) is 0 Å². The van der Waals surface area contributed by atoms with E-state index in [9.17, 15) is 4.79 Å². The Hall–Kier alpha value is -0.610. The van der Waals surface area contributed by atoms with Gasteiger partial charge in [-0.1, -0.05) is 20.3 Å². The van der Waals surface area contributed by atoms with E-state index in [1.807, 2.05) is 6.92 Å². The quantitative estimate of drug-likeness (QED) is 0.694. The van der Waals surface area contributed by atoms with Gasteiger partial charge in [0.05, 0.1) is 13.2 Å². The fourth-order valence-electron chi connectivity index (χ4n) is 2.45. The van der Waals surface area contributed by atoms with Crippen molar-refractivity contribution in [2.24, 2.45) is 0 Å². The zero-order valence-electron chi connectivity index (χ0n) is 11.3. The van der Waals surface area contributed by atoms with Crippen LogP contribution in [-0.2, 0) is 14.3 Å². The average Bonchev–Trinajstić information content (AvgIpc) is 2.86. The molecule has 0 aromatic heterocycles. The van der Waals surface area contributed by atoms with Gasteiger partial charge in [-0.3, -0.25) is 10.1 Å². The SMILES string of the molecule is CCCC(CC)(NCC1CCCO1)C(=O)OC. The number of esters is 1. The van der Waals surface area contributed by atoms with Crippen LogP contribution in [0.2, 0.25) is 0 Å². The molecule has 2 atom stereocenters. The molecule has 4 heteroatoms. The van der Waals surface area contributed by atoms with E-state index < -0.39 is 5.54 Å². The summed E-state index contributed by atoms with van der Waals surface area (Å²) in [5.41, 5.74) is -0.532. The first-order valence-corrected chi connectivity index (χ1v) is 6.63. The Morgan fingerprint density at radius 2 is 2.29 bits per heavy atom. The number of ether oxygens (including phenoxy) is 2. The predicted molar refractivity (Wildman–Crippen MR) is 66.9 cm³/mol. The van der Waals surface area contributed by atoms with Crippen molar-refractivity contribution < 1.29 is 14.3 Å². The van der Waals surface area contributed by atoms with E-state index in [2.05, 4.69) is 12.2 Å². The number of hydrogen-bond acceptors (Lipinski definition) is 4. The molecule has 2 unspecified atom stereocenters. The number of methoxy groups -OCH3 is 1. The molecular formula is C13H25NO3. The summed E-state index contributed by atoms with van der Waals surface area (Å²) in [6.07, 6.45) is 4.98. The molecule has 1 aliphatic rings. The fraction of sp³-hybridized carbons (Fsp3) is 0.923. The number of hydrogen-bond donors (Lipinski definition) is 1. The molecule has 100 valence electrons. The van der Waals surface area contributed by atoms with E-state index in [-0.39, 0.29) is 12.1 Å². The maximum absolute atomic E-state index is 11.9. The predicted octanol–water partition coefficient (Wildman–Crippen LogP) is 1.88. The highest BCUT2D eigenvalue weighted by molar-refractivity contribution is 5.80. The lowest BCUT2D eigenvalue weighted by atomic mass is 9.90. The van der Waals surface area contributed by atoms with E-state index >= 15 is 0 Å². The summed E-state index contributed by atoms with van der Waals surface area (Å²) in [4.78, 5) is 11.9. The van der Waals surface area contributed by atoms with Crippen molar-refractivity contribution in [3.8, 4) is 0 Å². The minimum Gasteiger partial charge on any atom is -0.468 e. The molecule has 0 spiro atoms. The minimum absolute atomic E-state index is 0.153. The molecule has 1 fully saturated rings. The van der Waals surface area contributed by atoms with Gasteiger partial charge in [0.25, 0.3) is 0 Å². The summed E-state index contributed by atoms with van der Waals surface area (Å²) >= 11 is 0. The van der Waals surface area contributed by atoms with Crippen molar-refractivity contribution in [2.45, 2.75) is 57.6 Å². The fourth-order valence-corrected chi connectivity index (χ4v) is 2.45. The second kappa shape index (κ2) is 6.97. The summed E-state index contributed by atoms with van der Waals surface area (Å²) in [7, 11) is 1.45. The first kappa shape index (κ1) is 14.5. The van der Waals surface area contributed by atoms with E-state index in [0.717, 1.165) is 45.3 Å². The Labute approximate surface area is 104 Å². The second-order valence-electron chi connectivity index (χ2n) is 4.69. The average molecular weight is 243 g/mol. The molecule has 17 heavy (non-hydrogen) atoms. The maximum Gasteiger partial charge on any atom is 0.326 e. The third kappa shape index (κ3) is 3.68. The first-order chi connectivity index (χ1) is 8.18. The van der Waals surface area contributed by atoms with E-state index in [4.69, 9.17) is 9.47 Å². The Balaban J connectivity index is 2.57. The molecule has 0 aliphatic carbocycles. The number of nitrogens with one attached hydrogen (secondary N) is 1. The Morgan fingerprint density at radius 1 is 1.53 bits per heavy atom. The molecule has 0 radical (unpaired) electrons. The highest BCUT2D eigenvalue weighted by Crippen LogP contribution is 2.21. The van der Waals surface area contributed by atoms with Gasteiger partial charge in [0.2, 0.25) is 0 Å². The summed E-state index contributed by atoms with van der Waals surface area (Å²) in [6, 6.07) is 0. The van der Waals surface area contributed by atoms with E-state index in [1.54, 1.807) is 0 Å². The summed E-state index contributed by atoms with van der Waals surface area (Å²) < 4.78 is 10.5. The van der Waals surface area contributed by atoms with E-state index in [1.165, 1.54) is 7.11 Å². The molecule has 1 aliphatic heterocycles. The van der Waals surface area contributed by atoms with Crippen molar-refractivity contribution in [3.05, 3.63) is 0 Å². The maximum atomic E-state index is 11.9. The standard InChI is InChI=1S/C13H25NO3/c1-4-8-13(5-2,12(15)16-3)14-10-11-7-6-9-17-11/h11,14H,4-10H2,1-3H3. The van der Waals surface area contributed by atoms with Gasteiger partial charge in [-0.15, -0.1) is 0 Å². The summed E-state index contributed by atoms with van der Waals surface area (Å²) in [5, 5.41) is 3.38. The monoisotopic (exact) mass is 243 g/mol. The molecule has 1 N–H and O–H groups in total. The minimum atomic E-state index is -0.532. The molecule has 0 bridgehead atoms. The Morgan fingerprint density at radius 3 is 2.76 bits per heavy atom. The highest BCUT2D eigenvalue weighted by Gasteiger charge is 2.37. The third-order valence-electron chi connectivity index (χ3n) is 3.55. The van der Waals surface area contributed by atoms with Crippen LogP contribution in [0.15, 0.2) is 0 Å². The van der Waals surface area contributed by atoms with E-state index in [0.29, 0.717) is 0 Å². The molecular weight excluding hydrogens is 218 g/mol. The van der Waals surface area contributed by atoms with Crippen molar-refractivity contribution >= 4 is 5.97 Å². The largest absolute Gasteiger partial charge is 0.468 e. The molecule has 1 saturated heterocycles. The van der Waals surface area contributed by atoms with Crippen molar-refractivity contribution in [1.29, 1.82) is 0 Å². The van der Waals surface area contributed by atoms with Gasteiger partial charge in [0, 0.05) is 13.2 Å². The van der Waals surface area contributed by atoms with Gasteiger partial charge in [0.15, 0.2) is 0 Å². The van der Waals surface area contributed by atoms with Crippen LogP contribution in [0.25, 0.3) is 0 Å². The highest BCUT2D eigenvalue weighted by atomic mass is 16.5. The smallest absolute Gasteiger partial charge is 0.326 e. The number of carbonyl (C=O) groups is 1. The Kier molecular flexibility index (Phi) is 5.92. The zero-order chi connectivity index (χ0) is 12.7. The van der Waals surface area contributed by atoms with Crippen molar-refractivity contribution in [2.75, 3.05) is 20.3 Å². The van der Waals surface area contributed by atoms with Crippen molar-refractivity contribution in [3.63, 3.8) is 0 Å². The van der Waals surface area contributed by atoms with Crippen LogP contribution in [-0.4, -0.2) is 37.9 Å². The third-order valence-corrected chi connectivity index (χ3v) is 3.55. The lowest BCUT2D eigenvalue weighted by Crippen LogP contribution is -2.54. The topological polar surface area (TPSA) is 47.6 Å². The molecule has 0 saturated carbocycles. The van der Waals surface area contributed by atoms with Gasteiger partial charge < -0.3 is 9.47 Å². The van der Waals surface area contributed by atoms with Gasteiger partial charge in [-0.2, -0.15) is 0 Å². The molecule has 1 heterocycles. The summed E-state index contributed by atoms with van der Waals surface area (Å²) in [5.74, 6) is -0.153. The molecule has 0 amide bonds. The Bertz CT molecular complexity index is 239. The molecule has 0 aromatic carbocycles. The van der Waals surface area contributed by atoms with Crippen LogP contribution in [0.4, 0.5) is 0 Å².